The molecule has 9 heteroatoms. The van der Waals surface area contributed by atoms with Crippen LogP contribution in [0.4, 0.5) is 0 Å². The summed E-state index contributed by atoms with van der Waals surface area (Å²) in [5.74, 6) is 4.78. The van der Waals surface area contributed by atoms with Crippen molar-refractivity contribution in [3.8, 4) is 24.7 Å². The normalized spacial score (nSPS) is 10.8. The van der Waals surface area contributed by atoms with Gasteiger partial charge in [0.15, 0.2) is 0 Å². The Morgan fingerprint density at radius 1 is 0.290 bits per heavy atom. The summed E-state index contributed by atoms with van der Waals surface area (Å²) in [5.41, 5.74) is 0. The minimum atomic E-state index is 0.311. The van der Waals surface area contributed by atoms with Gasteiger partial charge in [0.25, 0.3) is 0 Å². The van der Waals surface area contributed by atoms with E-state index in [9.17, 15) is 0 Å². The first-order valence-electron chi connectivity index (χ1n) is 10.5. The van der Waals surface area contributed by atoms with Crippen molar-refractivity contribution in [3.63, 3.8) is 0 Å². The minimum Gasteiger partial charge on any atom is -0.377 e. The summed E-state index contributed by atoms with van der Waals surface area (Å²) in [6.45, 7) is 8.84. The second-order valence-corrected chi connectivity index (χ2v) is 5.80. The standard InChI is InChI=1S/C22H38O9/c1-3-5-23-7-9-25-11-13-27-15-17-29-19-21-31-22-20-30-18-16-28-14-12-26-10-8-24-6-4-2/h1-2H,5-22H2. The lowest BCUT2D eigenvalue weighted by Gasteiger charge is -2.08. The Labute approximate surface area is 186 Å². The number of ether oxygens (including phenoxy) is 9. The molecule has 31 heavy (non-hydrogen) atoms. The summed E-state index contributed by atoms with van der Waals surface area (Å²) in [6.07, 6.45) is 10.1. The molecule has 0 amide bonds. The van der Waals surface area contributed by atoms with Crippen molar-refractivity contribution in [1.29, 1.82) is 0 Å². The first-order valence-corrected chi connectivity index (χ1v) is 10.5. The van der Waals surface area contributed by atoms with Gasteiger partial charge in [0.2, 0.25) is 0 Å². The molecule has 0 N–H and O–H groups in total. The van der Waals surface area contributed by atoms with Gasteiger partial charge in [0.1, 0.15) is 13.2 Å². The average molecular weight is 447 g/mol. The highest BCUT2D eigenvalue weighted by Gasteiger charge is 1.95. The van der Waals surface area contributed by atoms with Crippen LogP contribution in [0, 0.1) is 24.7 Å². The molecule has 0 radical (unpaired) electrons. The molecule has 0 saturated carbocycles. The SMILES string of the molecule is C#CCOCCOCCOCCOCCOCCOCCOCCOCCOCC#C. The van der Waals surface area contributed by atoms with Gasteiger partial charge >= 0.3 is 0 Å². The van der Waals surface area contributed by atoms with Gasteiger partial charge in [-0.05, 0) is 0 Å². The summed E-state index contributed by atoms with van der Waals surface area (Å²) < 4.78 is 47.8. The second-order valence-electron chi connectivity index (χ2n) is 5.80. The van der Waals surface area contributed by atoms with Crippen LogP contribution < -0.4 is 0 Å². The first kappa shape index (κ1) is 29.8. The molecule has 0 aromatic carbocycles. The third kappa shape index (κ3) is 28.8. The van der Waals surface area contributed by atoms with Gasteiger partial charge < -0.3 is 42.6 Å². The highest BCUT2D eigenvalue weighted by molar-refractivity contribution is 4.83. The first-order chi connectivity index (χ1) is 15.4. The smallest absolute Gasteiger partial charge is 0.107 e. The quantitative estimate of drug-likeness (QED) is 0.139. The topological polar surface area (TPSA) is 83.1 Å². The van der Waals surface area contributed by atoms with E-state index in [0.717, 1.165) is 0 Å². The van der Waals surface area contributed by atoms with E-state index in [1.165, 1.54) is 0 Å². The molecular weight excluding hydrogens is 408 g/mol. The van der Waals surface area contributed by atoms with Gasteiger partial charge in [0.05, 0.1) is 106 Å². The highest BCUT2D eigenvalue weighted by Crippen LogP contribution is 1.86. The fraction of sp³-hybridized carbons (Fsp3) is 0.818. The van der Waals surface area contributed by atoms with Crippen LogP contribution in [0.2, 0.25) is 0 Å². The molecular formula is C22H38O9. The molecule has 0 fully saturated rings. The Balaban J connectivity index is 2.99. The maximum absolute atomic E-state index is 5.41. The van der Waals surface area contributed by atoms with Crippen molar-refractivity contribution < 1.29 is 42.6 Å². The predicted molar refractivity (Wildman–Crippen MR) is 115 cm³/mol. The Morgan fingerprint density at radius 2 is 0.452 bits per heavy atom. The van der Waals surface area contributed by atoms with Gasteiger partial charge in [-0.1, -0.05) is 11.8 Å². The van der Waals surface area contributed by atoms with Crippen LogP contribution in [0.25, 0.3) is 0 Å². The van der Waals surface area contributed by atoms with E-state index in [-0.39, 0.29) is 0 Å². The van der Waals surface area contributed by atoms with E-state index in [4.69, 9.17) is 55.5 Å². The number of rotatable bonds is 26. The summed E-state index contributed by atoms with van der Waals surface area (Å²) in [6, 6.07) is 0. The van der Waals surface area contributed by atoms with Crippen LogP contribution in [-0.2, 0) is 42.6 Å². The molecule has 9 nitrogen and oxygen atoms in total. The molecule has 0 aliphatic rings. The van der Waals surface area contributed by atoms with Gasteiger partial charge in [-0.2, -0.15) is 0 Å². The van der Waals surface area contributed by atoms with Crippen LogP contribution in [0.1, 0.15) is 0 Å². The lowest BCUT2D eigenvalue weighted by molar-refractivity contribution is -0.0241. The van der Waals surface area contributed by atoms with E-state index in [0.29, 0.717) is 119 Å². The van der Waals surface area contributed by atoms with E-state index in [2.05, 4.69) is 11.8 Å². The maximum atomic E-state index is 5.41. The summed E-state index contributed by atoms with van der Waals surface area (Å²) >= 11 is 0. The van der Waals surface area contributed by atoms with Gasteiger partial charge in [-0.3, -0.25) is 0 Å². The molecule has 0 heterocycles. The van der Waals surface area contributed by atoms with Gasteiger partial charge in [0, 0.05) is 0 Å². The van der Waals surface area contributed by atoms with Gasteiger partial charge in [-0.25, -0.2) is 0 Å². The van der Waals surface area contributed by atoms with Crippen LogP contribution in [0.3, 0.4) is 0 Å². The van der Waals surface area contributed by atoms with E-state index < -0.39 is 0 Å². The molecule has 0 unspecified atom stereocenters. The molecule has 0 aliphatic heterocycles. The molecule has 180 valence electrons. The number of terminal acetylenes is 2. The molecule has 0 aliphatic carbocycles. The third-order valence-electron chi connectivity index (χ3n) is 3.35. The molecule has 0 saturated heterocycles. The van der Waals surface area contributed by atoms with Crippen molar-refractivity contribution in [3.05, 3.63) is 0 Å². The minimum absolute atomic E-state index is 0.311. The molecule has 0 spiro atoms. The van der Waals surface area contributed by atoms with Crippen LogP contribution in [0.15, 0.2) is 0 Å². The zero-order valence-electron chi connectivity index (χ0n) is 18.6. The van der Waals surface area contributed by atoms with Crippen LogP contribution in [0.5, 0.6) is 0 Å². The van der Waals surface area contributed by atoms with Crippen molar-refractivity contribution >= 4 is 0 Å². The van der Waals surface area contributed by atoms with Crippen molar-refractivity contribution in [2.45, 2.75) is 0 Å². The highest BCUT2D eigenvalue weighted by atomic mass is 16.6. The fourth-order valence-electron chi connectivity index (χ4n) is 1.92. The summed E-state index contributed by atoms with van der Waals surface area (Å²) in [4.78, 5) is 0. The van der Waals surface area contributed by atoms with E-state index in [1.807, 2.05) is 0 Å². The second kappa shape index (κ2) is 28.8. The Hall–Kier alpha value is -1.24. The van der Waals surface area contributed by atoms with Crippen molar-refractivity contribution in [2.24, 2.45) is 0 Å². The molecule has 0 rings (SSSR count). The molecule has 0 aromatic rings. The van der Waals surface area contributed by atoms with E-state index in [1.54, 1.807) is 0 Å². The Kier molecular flexibility index (Phi) is 27.6. The average Bonchev–Trinajstić information content (AvgIpc) is 2.78. The maximum Gasteiger partial charge on any atom is 0.107 e. The monoisotopic (exact) mass is 446 g/mol. The Morgan fingerprint density at radius 3 is 0.613 bits per heavy atom. The van der Waals surface area contributed by atoms with Crippen molar-refractivity contribution in [1.82, 2.24) is 0 Å². The van der Waals surface area contributed by atoms with E-state index >= 15 is 0 Å². The van der Waals surface area contributed by atoms with Gasteiger partial charge in [-0.15, -0.1) is 12.8 Å². The molecule has 0 bridgehead atoms. The summed E-state index contributed by atoms with van der Waals surface area (Å²) in [5, 5.41) is 0. The molecule has 0 atom stereocenters. The molecule has 0 aromatic heterocycles. The van der Waals surface area contributed by atoms with Crippen LogP contribution in [-0.4, -0.2) is 119 Å². The number of hydrogen-bond acceptors (Lipinski definition) is 9. The third-order valence-corrected chi connectivity index (χ3v) is 3.35. The van der Waals surface area contributed by atoms with Crippen LogP contribution >= 0.6 is 0 Å². The Bertz CT molecular complexity index is 382. The predicted octanol–water partition coefficient (Wildman–Crippen LogP) is 0.402. The zero-order valence-corrected chi connectivity index (χ0v) is 18.6. The largest absolute Gasteiger partial charge is 0.377 e. The lowest BCUT2D eigenvalue weighted by atomic mass is 10.6. The number of hydrogen-bond donors (Lipinski definition) is 0. The lowest BCUT2D eigenvalue weighted by Crippen LogP contribution is -2.15. The fourth-order valence-corrected chi connectivity index (χ4v) is 1.92. The summed E-state index contributed by atoms with van der Waals surface area (Å²) in [7, 11) is 0. The zero-order chi connectivity index (χ0) is 22.5. The van der Waals surface area contributed by atoms with Crippen molar-refractivity contribution in [2.75, 3.05) is 119 Å².